The molecule has 0 fully saturated rings. The highest BCUT2D eigenvalue weighted by Crippen LogP contribution is 2.38. The van der Waals surface area contributed by atoms with Crippen molar-refractivity contribution in [2.45, 2.75) is 19.8 Å². The van der Waals surface area contributed by atoms with Gasteiger partial charge in [-0.2, -0.15) is 0 Å². The summed E-state index contributed by atoms with van der Waals surface area (Å²) in [4.78, 5) is 49.5. The monoisotopic (exact) mass is 389 g/mol. The highest BCUT2D eigenvalue weighted by molar-refractivity contribution is 7.60. The number of aromatic amines is 1. The van der Waals surface area contributed by atoms with E-state index in [2.05, 4.69) is 9.97 Å². The van der Waals surface area contributed by atoms with E-state index in [1.54, 1.807) is 13.0 Å². The van der Waals surface area contributed by atoms with Gasteiger partial charge in [0.25, 0.3) is 5.56 Å². The van der Waals surface area contributed by atoms with Crippen LogP contribution in [-0.2, 0) is 26.9 Å². The molecule has 10 heteroatoms. The molecule has 0 bridgehead atoms. The Morgan fingerprint density at radius 2 is 2.19 bits per heavy atom. The maximum Gasteiger partial charge on any atom is 0.376 e. The summed E-state index contributed by atoms with van der Waals surface area (Å²) >= 11 is 0. The lowest BCUT2D eigenvalue weighted by molar-refractivity contribution is -0.142. The number of carbonyl (C=O) groups is 1. The molecule has 3 N–H and O–H groups in total. The van der Waals surface area contributed by atoms with Crippen LogP contribution in [0.15, 0.2) is 29.2 Å². The molecule has 0 unspecified atom stereocenters. The Labute approximate surface area is 152 Å². The number of nitrogens with one attached hydrogen (secondary N) is 1. The van der Waals surface area contributed by atoms with Crippen LogP contribution in [0.4, 0.5) is 0 Å². The number of ether oxygens (including phenoxy) is 1. The normalized spacial score (nSPS) is 12.9. The van der Waals surface area contributed by atoms with Gasteiger partial charge in [0, 0.05) is 18.2 Å². The molecule has 0 spiro atoms. The second kappa shape index (κ2) is 6.16. The van der Waals surface area contributed by atoms with E-state index in [0.29, 0.717) is 24.4 Å². The molecule has 4 rings (SSSR count). The van der Waals surface area contributed by atoms with Crippen LogP contribution >= 0.6 is 7.60 Å². The molecule has 140 valence electrons. The van der Waals surface area contributed by atoms with Crippen molar-refractivity contribution >= 4 is 24.6 Å². The first-order chi connectivity index (χ1) is 12.8. The lowest BCUT2D eigenvalue weighted by Crippen LogP contribution is -2.13. The number of rotatable bonds is 4. The number of aromatic nitrogens is 3. The molecule has 0 amide bonds. The number of benzene rings is 1. The molecule has 0 aliphatic heterocycles. The van der Waals surface area contributed by atoms with Crippen LogP contribution < -0.4 is 11.0 Å². The molecular formula is C17H16N3O6P. The molecule has 2 aromatic heterocycles. The van der Waals surface area contributed by atoms with E-state index in [-0.39, 0.29) is 18.0 Å². The Kier molecular flexibility index (Phi) is 4.03. The second-order valence-corrected chi connectivity index (χ2v) is 7.76. The molecule has 0 atom stereocenters. The fraction of sp³-hybridized carbons (Fsp3) is 0.235. The van der Waals surface area contributed by atoms with E-state index < -0.39 is 18.6 Å². The summed E-state index contributed by atoms with van der Waals surface area (Å²) in [6.45, 7) is 2.03. The van der Waals surface area contributed by atoms with Gasteiger partial charge in [-0.15, -0.1) is 0 Å². The number of nitrogens with zero attached hydrogens (tertiary/aromatic N) is 2. The third kappa shape index (κ3) is 2.90. The van der Waals surface area contributed by atoms with Gasteiger partial charge in [0.15, 0.2) is 5.44 Å². The lowest BCUT2D eigenvalue weighted by atomic mass is 10.0. The van der Waals surface area contributed by atoms with Gasteiger partial charge in [0.1, 0.15) is 0 Å². The van der Waals surface area contributed by atoms with Crippen LogP contribution in [0, 0.1) is 0 Å². The standard InChI is InChI=1S/C17H16N3O6P/c1-2-26-14(21)6-9-4-3-5-10-11(9)7-12-15(10)19-17(22)16-18-13(8-20(12)16)27(23,24)25/h3-5,8H,2,6-7H2,1H3,(H,19,22)(H2,23,24,25). The van der Waals surface area contributed by atoms with E-state index in [1.807, 2.05) is 12.1 Å². The summed E-state index contributed by atoms with van der Waals surface area (Å²) in [7, 11) is -4.59. The zero-order valence-electron chi connectivity index (χ0n) is 14.3. The zero-order valence-corrected chi connectivity index (χ0v) is 15.2. The summed E-state index contributed by atoms with van der Waals surface area (Å²) < 4.78 is 18.0. The first-order valence-electron chi connectivity index (χ1n) is 8.26. The van der Waals surface area contributed by atoms with E-state index in [1.165, 1.54) is 10.6 Å². The van der Waals surface area contributed by atoms with Crippen molar-refractivity contribution in [1.29, 1.82) is 0 Å². The molecule has 3 aromatic rings. The topological polar surface area (TPSA) is 134 Å². The number of fused-ring (bicyclic) bond motifs is 5. The van der Waals surface area contributed by atoms with Crippen LogP contribution in [0.5, 0.6) is 0 Å². The lowest BCUT2D eigenvalue weighted by Gasteiger charge is -2.07. The average Bonchev–Trinajstić information content (AvgIpc) is 3.18. The number of H-pyrrole nitrogens is 1. The molecule has 0 saturated carbocycles. The minimum absolute atomic E-state index is 0.0770. The Hall–Kier alpha value is -2.74. The minimum Gasteiger partial charge on any atom is -0.466 e. The van der Waals surface area contributed by atoms with Crippen molar-refractivity contribution in [1.82, 2.24) is 14.4 Å². The van der Waals surface area contributed by atoms with Crippen molar-refractivity contribution in [2.75, 3.05) is 6.61 Å². The van der Waals surface area contributed by atoms with Gasteiger partial charge >= 0.3 is 13.6 Å². The first kappa shape index (κ1) is 17.7. The molecule has 27 heavy (non-hydrogen) atoms. The number of hydrogen-bond acceptors (Lipinski definition) is 5. The minimum atomic E-state index is -4.59. The molecule has 1 aromatic carbocycles. The molecule has 0 radical (unpaired) electrons. The van der Waals surface area contributed by atoms with Crippen molar-refractivity contribution < 1.29 is 23.9 Å². The fourth-order valence-electron chi connectivity index (χ4n) is 3.41. The average molecular weight is 389 g/mol. The van der Waals surface area contributed by atoms with Gasteiger partial charge in [0.05, 0.1) is 24.4 Å². The summed E-state index contributed by atoms with van der Waals surface area (Å²) in [5, 5.41) is 0. The summed E-state index contributed by atoms with van der Waals surface area (Å²) in [6, 6.07) is 5.45. The molecule has 2 heterocycles. The first-order valence-corrected chi connectivity index (χ1v) is 9.88. The Morgan fingerprint density at radius 1 is 1.41 bits per heavy atom. The SMILES string of the molecule is CCOC(=O)Cc1cccc2c1Cc1c-2[nH]c(=O)c2nc(P(=O)(O)O)cn12. The Balaban J connectivity index is 1.87. The van der Waals surface area contributed by atoms with Gasteiger partial charge in [-0.25, -0.2) is 4.98 Å². The highest BCUT2D eigenvalue weighted by Gasteiger charge is 2.29. The van der Waals surface area contributed by atoms with E-state index in [0.717, 1.165) is 16.7 Å². The van der Waals surface area contributed by atoms with Gasteiger partial charge in [-0.05, 0) is 18.1 Å². The molecular weight excluding hydrogens is 373 g/mol. The van der Waals surface area contributed by atoms with Crippen molar-refractivity contribution in [3.05, 3.63) is 51.6 Å². The van der Waals surface area contributed by atoms with Gasteiger partial charge < -0.3 is 19.5 Å². The smallest absolute Gasteiger partial charge is 0.376 e. The van der Waals surface area contributed by atoms with Crippen molar-refractivity contribution in [2.24, 2.45) is 0 Å². The summed E-state index contributed by atoms with van der Waals surface area (Å²) in [5.41, 5.74) is 2.57. The summed E-state index contributed by atoms with van der Waals surface area (Å²) in [6.07, 6.45) is 1.70. The van der Waals surface area contributed by atoms with Gasteiger partial charge in [-0.1, -0.05) is 18.2 Å². The highest BCUT2D eigenvalue weighted by atomic mass is 31.2. The zero-order chi connectivity index (χ0) is 19.3. The van der Waals surface area contributed by atoms with Crippen LogP contribution in [0.3, 0.4) is 0 Å². The van der Waals surface area contributed by atoms with Gasteiger partial charge in [-0.3, -0.25) is 18.6 Å². The molecule has 1 aliphatic rings. The predicted molar refractivity (Wildman–Crippen MR) is 96.1 cm³/mol. The van der Waals surface area contributed by atoms with Gasteiger partial charge in [0.2, 0.25) is 5.65 Å². The molecule has 0 saturated heterocycles. The van der Waals surface area contributed by atoms with Crippen LogP contribution in [0.2, 0.25) is 0 Å². The van der Waals surface area contributed by atoms with Crippen LogP contribution in [0.25, 0.3) is 16.9 Å². The van der Waals surface area contributed by atoms with Crippen LogP contribution in [-0.4, -0.2) is 36.7 Å². The maximum absolute atomic E-state index is 12.4. The fourth-order valence-corrected chi connectivity index (χ4v) is 3.90. The van der Waals surface area contributed by atoms with Crippen molar-refractivity contribution in [3.63, 3.8) is 0 Å². The summed E-state index contributed by atoms with van der Waals surface area (Å²) in [5.74, 6) is -0.341. The second-order valence-electron chi connectivity index (χ2n) is 6.21. The number of carbonyl (C=O) groups excluding carboxylic acids is 1. The molecule has 9 nitrogen and oxygen atoms in total. The predicted octanol–water partition coefficient (Wildman–Crippen LogP) is 0.502. The number of hydrogen-bond donors (Lipinski definition) is 3. The Bertz CT molecular complexity index is 1190. The van der Waals surface area contributed by atoms with E-state index in [4.69, 9.17) is 4.74 Å². The van der Waals surface area contributed by atoms with Crippen LogP contribution in [0.1, 0.15) is 23.7 Å². The third-order valence-corrected chi connectivity index (χ3v) is 5.35. The quantitative estimate of drug-likeness (QED) is 0.342. The number of imidazole rings is 1. The van der Waals surface area contributed by atoms with E-state index >= 15 is 0 Å². The Morgan fingerprint density at radius 3 is 2.89 bits per heavy atom. The van der Waals surface area contributed by atoms with E-state index in [9.17, 15) is 23.9 Å². The largest absolute Gasteiger partial charge is 0.466 e. The van der Waals surface area contributed by atoms with Crippen molar-refractivity contribution in [3.8, 4) is 11.3 Å². The maximum atomic E-state index is 12.4. The third-order valence-electron chi connectivity index (χ3n) is 4.54. The molecule has 1 aliphatic carbocycles. The number of esters is 1.